The van der Waals surface area contributed by atoms with Crippen LogP contribution in [0.1, 0.15) is 11.4 Å². The molecule has 2 aliphatic heterocycles. The highest BCUT2D eigenvalue weighted by Gasteiger charge is 2.43. The van der Waals surface area contributed by atoms with Gasteiger partial charge in [0, 0.05) is 44.3 Å². The molecule has 5 aromatic carbocycles. The van der Waals surface area contributed by atoms with Crippen LogP contribution in [0, 0.1) is 13.8 Å². The summed E-state index contributed by atoms with van der Waals surface area (Å²) in [5, 5.41) is 3.07. The van der Waals surface area contributed by atoms with Crippen molar-refractivity contribution in [2.24, 2.45) is 0 Å². The molecule has 0 spiro atoms. The Labute approximate surface area is 284 Å². The number of pyridine rings is 2. The number of hydrogen-bond acceptors (Lipinski definition) is 5. The van der Waals surface area contributed by atoms with Crippen LogP contribution in [-0.2, 0) is 11.8 Å². The molecule has 0 radical (unpaired) electrons. The van der Waals surface area contributed by atoms with Gasteiger partial charge in [-0.2, -0.15) is 0 Å². The first-order chi connectivity index (χ1) is 23.5. The molecular formula is C42H29N2O2PS. The molecule has 0 saturated heterocycles. The van der Waals surface area contributed by atoms with E-state index in [1.165, 1.54) is 0 Å². The normalized spacial score (nSPS) is 13.4. The van der Waals surface area contributed by atoms with Crippen molar-refractivity contribution in [2.75, 3.05) is 0 Å². The summed E-state index contributed by atoms with van der Waals surface area (Å²) < 4.78 is 13.5. The van der Waals surface area contributed by atoms with Crippen molar-refractivity contribution < 1.29 is 9.47 Å². The van der Waals surface area contributed by atoms with Crippen molar-refractivity contribution >= 4 is 33.8 Å². The number of aryl methyl sites for hydroxylation is 2. The maximum Gasteiger partial charge on any atom is 0.144 e. The van der Waals surface area contributed by atoms with Crippen molar-refractivity contribution in [3.8, 4) is 67.8 Å². The Hall–Kier alpha value is -5.35. The van der Waals surface area contributed by atoms with E-state index in [9.17, 15) is 0 Å². The molecule has 48 heavy (non-hydrogen) atoms. The molecule has 4 heterocycles. The van der Waals surface area contributed by atoms with Crippen molar-refractivity contribution in [2.45, 2.75) is 13.8 Å². The fourth-order valence-corrected chi connectivity index (χ4v) is 11.3. The van der Waals surface area contributed by atoms with Gasteiger partial charge in [0.15, 0.2) is 0 Å². The van der Waals surface area contributed by atoms with Crippen LogP contribution in [0.5, 0.6) is 23.0 Å². The predicted octanol–water partition coefficient (Wildman–Crippen LogP) is 9.73. The van der Waals surface area contributed by atoms with Crippen LogP contribution < -0.4 is 25.4 Å². The zero-order valence-corrected chi connectivity index (χ0v) is 28.1. The number of fused-ring (bicyclic) bond motifs is 4. The van der Waals surface area contributed by atoms with Crippen molar-refractivity contribution in [3.63, 3.8) is 0 Å². The van der Waals surface area contributed by atoms with Gasteiger partial charge >= 0.3 is 0 Å². The zero-order chi connectivity index (χ0) is 32.4. The molecule has 0 N–H and O–H groups in total. The van der Waals surface area contributed by atoms with E-state index in [1.54, 1.807) is 0 Å². The quantitative estimate of drug-likeness (QED) is 0.177. The Kier molecular flexibility index (Phi) is 6.68. The molecule has 0 fully saturated rings. The van der Waals surface area contributed by atoms with E-state index < -0.39 is 6.04 Å². The molecule has 0 atom stereocenters. The second-order valence-electron chi connectivity index (χ2n) is 12.2. The van der Waals surface area contributed by atoms with Crippen LogP contribution in [0.2, 0.25) is 0 Å². The van der Waals surface area contributed by atoms with Gasteiger partial charge < -0.3 is 9.47 Å². The molecule has 4 nitrogen and oxygen atoms in total. The van der Waals surface area contributed by atoms with Crippen LogP contribution in [0.15, 0.2) is 140 Å². The molecular weight excluding hydrogens is 628 g/mol. The highest BCUT2D eigenvalue weighted by molar-refractivity contribution is 8.26. The third kappa shape index (κ3) is 4.54. The highest BCUT2D eigenvalue weighted by atomic mass is 32.4. The Morgan fingerprint density at radius 3 is 1.29 bits per heavy atom. The molecule has 0 bridgehead atoms. The molecule has 0 amide bonds. The first-order valence-electron chi connectivity index (χ1n) is 15.9. The minimum atomic E-state index is -2.57. The number of hydrogen-bond donors (Lipinski definition) is 0. The van der Waals surface area contributed by atoms with Crippen LogP contribution in [0.25, 0.3) is 44.8 Å². The van der Waals surface area contributed by atoms with Crippen molar-refractivity contribution in [3.05, 3.63) is 151 Å². The Morgan fingerprint density at radius 2 is 0.854 bits per heavy atom. The van der Waals surface area contributed by atoms with Crippen molar-refractivity contribution in [1.29, 1.82) is 0 Å². The summed E-state index contributed by atoms with van der Waals surface area (Å²) in [5.41, 5.74) is 10.2. The van der Waals surface area contributed by atoms with Gasteiger partial charge in [-0.25, -0.2) is 0 Å². The molecule has 7 aromatic rings. The monoisotopic (exact) mass is 656 g/mol. The summed E-state index contributed by atoms with van der Waals surface area (Å²) in [7, 11) is 0. The maximum atomic E-state index is 6.91. The second kappa shape index (κ2) is 11.1. The summed E-state index contributed by atoms with van der Waals surface area (Å²) in [6.07, 6.45) is 0. The zero-order valence-electron chi connectivity index (χ0n) is 26.3. The van der Waals surface area contributed by atoms with Crippen LogP contribution in [-0.4, -0.2) is 9.97 Å². The third-order valence-electron chi connectivity index (χ3n) is 9.13. The average molecular weight is 657 g/mol. The smallest absolute Gasteiger partial charge is 0.144 e. The first-order valence-corrected chi connectivity index (χ1v) is 18.7. The minimum Gasteiger partial charge on any atom is -0.455 e. The lowest BCUT2D eigenvalue weighted by molar-refractivity contribution is 0.468. The van der Waals surface area contributed by atoms with Crippen molar-refractivity contribution in [1.82, 2.24) is 9.97 Å². The molecule has 0 unspecified atom stereocenters. The molecule has 0 aliphatic carbocycles. The Balaban J connectivity index is 1.17. The van der Waals surface area contributed by atoms with E-state index >= 15 is 0 Å². The molecule has 9 rings (SSSR count). The summed E-state index contributed by atoms with van der Waals surface area (Å²) in [5.74, 6) is 3.17. The highest BCUT2D eigenvalue weighted by Crippen LogP contribution is 2.60. The van der Waals surface area contributed by atoms with E-state index in [2.05, 4.69) is 84.9 Å². The van der Waals surface area contributed by atoms with Gasteiger partial charge in [-0.3, -0.25) is 9.97 Å². The summed E-state index contributed by atoms with van der Waals surface area (Å²) >= 11 is 6.91. The Bertz CT molecular complexity index is 2290. The number of benzene rings is 5. The summed E-state index contributed by atoms with van der Waals surface area (Å²) in [6, 6.07) is 45.5. The van der Waals surface area contributed by atoms with Gasteiger partial charge in [-0.05, 0) is 73.5 Å². The minimum absolute atomic E-state index is 0.766. The lowest BCUT2D eigenvalue weighted by Gasteiger charge is -2.38. The largest absolute Gasteiger partial charge is 0.455 e. The summed E-state index contributed by atoms with van der Waals surface area (Å²) in [4.78, 5) is 9.42. The average Bonchev–Trinajstić information content (AvgIpc) is 3.12. The van der Waals surface area contributed by atoms with E-state index in [0.717, 1.165) is 95.1 Å². The summed E-state index contributed by atoms with van der Waals surface area (Å²) in [6.45, 7) is 4.03. The van der Waals surface area contributed by atoms with E-state index in [4.69, 9.17) is 31.2 Å². The molecule has 2 aromatic heterocycles. The number of para-hydroxylation sites is 2. The molecule has 0 saturated carbocycles. The van der Waals surface area contributed by atoms with E-state index in [0.29, 0.717) is 0 Å². The number of nitrogens with zero attached hydrogens (tertiary/aromatic N) is 2. The maximum absolute atomic E-state index is 6.91. The SMILES string of the molecule is Cc1cccc(-c2ccc(-c3cccc4c3Oc3cccc5c3P4(=S)c3cccc(-c4ccc(-c6cccc(C)n6)cc4)c3O5)cc2)n1. The lowest BCUT2D eigenvalue weighted by atomic mass is 10.0. The molecule has 2 aliphatic rings. The van der Waals surface area contributed by atoms with Gasteiger partial charge in [0.25, 0.3) is 0 Å². The topological polar surface area (TPSA) is 44.2 Å². The van der Waals surface area contributed by atoms with Gasteiger partial charge in [-0.1, -0.05) is 103 Å². The molecule has 6 heteroatoms. The van der Waals surface area contributed by atoms with Crippen LogP contribution in [0.3, 0.4) is 0 Å². The second-order valence-corrected chi connectivity index (χ2v) is 16.5. The van der Waals surface area contributed by atoms with Crippen LogP contribution in [0.4, 0.5) is 0 Å². The number of aromatic nitrogens is 2. The number of ether oxygens (including phenoxy) is 2. The fraction of sp³-hybridized carbons (Fsp3) is 0.0476. The van der Waals surface area contributed by atoms with Gasteiger partial charge in [0.05, 0.1) is 22.7 Å². The Morgan fingerprint density at radius 1 is 0.458 bits per heavy atom. The van der Waals surface area contributed by atoms with Crippen LogP contribution >= 0.6 is 6.04 Å². The van der Waals surface area contributed by atoms with Gasteiger partial charge in [0.1, 0.15) is 23.0 Å². The van der Waals surface area contributed by atoms with Gasteiger partial charge in [0.2, 0.25) is 0 Å². The first kappa shape index (κ1) is 28.8. The molecule has 230 valence electrons. The third-order valence-corrected chi connectivity index (χ3v) is 14.0. The standard InChI is InChI=1S/C42H29N2O2PS/c1-26-8-3-12-34(43-26)30-22-18-28(19-23-30)32-10-5-16-38-40(32)45-36-14-7-15-37-42(36)47(38,48)39-17-6-11-33(41(39)46-37)29-20-24-31(25-21-29)35-13-4-9-27(2)44-35/h3-25H,1-2H3. The van der Waals surface area contributed by atoms with E-state index in [1.807, 2.05) is 68.4 Å². The fourth-order valence-electron chi connectivity index (χ4n) is 6.83. The lowest BCUT2D eigenvalue weighted by Crippen LogP contribution is -2.35. The predicted molar refractivity (Wildman–Crippen MR) is 199 cm³/mol. The number of rotatable bonds is 4. The van der Waals surface area contributed by atoms with E-state index in [-0.39, 0.29) is 0 Å². The van der Waals surface area contributed by atoms with Gasteiger partial charge in [-0.15, -0.1) is 0 Å².